The molecule has 1 unspecified atom stereocenters. The van der Waals surface area contributed by atoms with Crippen LogP contribution in [0.1, 0.15) is 0 Å². The van der Waals surface area contributed by atoms with Crippen molar-refractivity contribution in [3.05, 3.63) is 0 Å². The highest BCUT2D eigenvalue weighted by atomic mass is 16.6. The summed E-state index contributed by atoms with van der Waals surface area (Å²) in [5, 5.41) is 7.02. The van der Waals surface area contributed by atoms with Gasteiger partial charge < -0.3 is 15.9 Å². The van der Waals surface area contributed by atoms with Crippen molar-refractivity contribution in [3.63, 3.8) is 0 Å². The normalized spacial score (nSPS) is 29.4. The monoisotopic (exact) mass is 143 g/mol. The standard InChI is InChI=1S/C6H13N3O/c1-10-9-6-4-8-3-5(6)2-7/h5,8H,2-4,7H2,1H3/b9-6-. The second-order valence-corrected chi connectivity index (χ2v) is 2.33. The summed E-state index contributed by atoms with van der Waals surface area (Å²) in [7, 11) is 1.55. The minimum atomic E-state index is 0.375. The van der Waals surface area contributed by atoms with Gasteiger partial charge in [0.2, 0.25) is 0 Å². The molecule has 0 aliphatic carbocycles. The van der Waals surface area contributed by atoms with Crippen molar-refractivity contribution in [3.8, 4) is 0 Å². The molecule has 4 heteroatoms. The second kappa shape index (κ2) is 3.53. The van der Waals surface area contributed by atoms with Gasteiger partial charge >= 0.3 is 0 Å². The highest BCUT2D eigenvalue weighted by Crippen LogP contribution is 2.02. The van der Waals surface area contributed by atoms with Crippen molar-refractivity contribution >= 4 is 5.71 Å². The molecule has 0 amide bonds. The van der Waals surface area contributed by atoms with Gasteiger partial charge in [0.15, 0.2) is 0 Å². The molecule has 0 saturated carbocycles. The fraction of sp³-hybridized carbons (Fsp3) is 0.833. The number of rotatable bonds is 2. The van der Waals surface area contributed by atoms with E-state index in [9.17, 15) is 0 Å². The molecule has 3 N–H and O–H groups in total. The zero-order valence-electron chi connectivity index (χ0n) is 6.13. The summed E-state index contributed by atoms with van der Waals surface area (Å²) in [5.41, 5.74) is 6.51. The fourth-order valence-electron chi connectivity index (χ4n) is 1.08. The predicted octanol–water partition coefficient (Wildman–Crippen LogP) is -0.833. The summed E-state index contributed by atoms with van der Waals surface area (Å²) in [4.78, 5) is 4.65. The van der Waals surface area contributed by atoms with Crippen molar-refractivity contribution < 1.29 is 4.84 Å². The maximum Gasteiger partial charge on any atom is 0.106 e. The third-order valence-corrected chi connectivity index (χ3v) is 1.66. The van der Waals surface area contributed by atoms with Crippen LogP contribution in [-0.4, -0.2) is 32.5 Å². The Morgan fingerprint density at radius 3 is 3.30 bits per heavy atom. The van der Waals surface area contributed by atoms with E-state index >= 15 is 0 Å². The molecule has 1 saturated heterocycles. The molecule has 1 fully saturated rings. The van der Waals surface area contributed by atoms with Crippen LogP contribution < -0.4 is 11.1 Å². The van der Waals surface area contributed by atoms with Crippen LogP contribution in [0.4, 0.5) is 0 Å². The summed E-state index contributed by atoms with van der Waals surface area (Å²) >= 11 is 0. The van der Waals surface area contributed by atoms with Crippen LogP contribution in [0.2, 0.25) is 0 Å². The molecule has 58 valence electrons. The van der Waals surface area contributed by atoms with Gasteiger partial charge in [-0.2, -0.15) is 0 Å². The largest absolute Gasteiger partial charge is 0.399 e. The highest BCUT2D eigenvalue weighted by molar-refractivity contribution is 5.90. The molecular weight excluding hydrogens is 130 g/mol. The fourth-order valence-corrected chi connectivity index (χ4v) is 1.08. The lowest BCUT2D eigenvalue weighted by atomic mass is 10.1. The molecule has 10 heavy (non-hydrogen) atoms. The smallest absolute Gasteiger partial charge is 0.106 e. The van der Waals surface area contributed by atoms with Gasteiger partial charge in [-0.1, -0.05) is 5.16 Å². The van der Waals surface area contributed by atoms with E-state index in [2.05, 4.69) is 15.3 Å². The molecule has 1 atom stereocenters. The molecule has 0 bridgehead atoms. The first kappa shape index (κ1) is 7.50. The quantitative estimate of drug-likeness (QED) is 0.496. The molecule has 1 aliphatic heterocycles. The maximum absolute atomic E-state index is 5.48. The Balaban J connectivity index is 2.49. The zero-order valence-corrected chi connectivity index (χ0v) is 6.13. The number of oxime groups is 1. The van der Waals surface area contributed by atoms with Crippen molar-refractivity contribution in [1.29, 1.82) is 0 Å². The van der Waals surface area contributed by atoms with E-state index in [-0.39, 0.29) is 0 Å². The Morgan fingerprint density at radius 1 is 1.90 bits per heavy atom. The van der Waals surface area contributed by atoms with E-state index < -0.39 is 0 Å². The topological polar surface area (TPSA) is 59.6 Å². The first-order valence-corrected chi connectivity index (χ1v) is 3.39. The third-order valence-electron chi connectivity index (χ3n) is 1.66. The summed E-state index contributed by atoms with van der Waals surface area (Å²) in [6, 6.07) is 0. The third kappa shape index (κ3) is 1.46. The molecular formula is C6H13N3O. The van der Waals surface area contributed by atoms with Crippen LogP contribution in [0.3, 0.4) is 0 Å². The van der Waals surface area contributed by atoms with Crippen LogP contribution in [0.15, 0.2) is 5.16 Å². The lowest BCUT2D eigenvalue weighted by Gasteiger charge is -2.03. The summed E-state index contributed by atoms with van der Waals surface area (Å²) in [6.07, 6.45) is 0. The predicted molar refractivity (Wildman–Crippen MR) is 39.9 cm³/mol. The minimum Gasteiger partial charge on any atom is -0.399 e. The van der Waals surface area contributed by atoms with Crippen LogP contribution in [-0.2, 0) is 4.84 Å². The first-order valence-electron chi connectivity index (χ1n) is 3.39. The second-order valence-electron chi connectivity index (χ2n) is 2.33. The molecule has 0 aromatic carbocycles. The number of hydrogen-bond acceptors (Lipinski definition) is 4. The van der Waals surface area contributed by atoms with Crippen LogP contribution in [0.5, 0.6) is 0 Å². The molecule has 4 nitrogen and oxygen atoms in total. The van der Waals surface area contributed by atoms with Gasteiger partial charge in [0.05, 0.1) is 5.71 Å². The minimum absolute atomic E-state index is 0.375. The van der Waals surface area contributed by atoms with Gasteiger partial charge in [0.25, 0.3) is 0 Å². The van der Waals surface area contributed by atoms with E-state index in [1.165, 1.54) is 0 Å². The molecule has 0 aromatic heterocycles. The van der Waals surface area contributed by atoms with Gasteiger partial charge in [-0.25, -0.2) is 0 Å². The average molecular weight is 143 g/mol. The summed E-state index contributed by atoms with van der Waals surface area (Å²) < 4.78 is 0. The molecule has 0 aromatic rings. The highest BCUT2D eigenvalue weighted by Gasteiger charge is 2.20. The Morgan fingerprint density at radius 2 is 2.70 bits per heavy atom. The Hall–Kier alpha value is -0.610. The van der Waals surface area contributed by atoms with Crippen LogP contribution in [0.25, 0.3) is 0 Å². The van der Waals surface area contributed by atoms with Crippen molar-refractivity contribution in [1.82, 2.24) is 5.32 Å². The molecule has 1 heterocycles. The van der Waals surface area contributed by atoms with Gasteiger partial charge in [-0.15, -0.1) is 0 Å². The van der Waals surface area contributed by atoms with Crippen molar-refractivity contribution in [2.45, 2.75) is 0 Å². The van der Waals surface area contributed by atoms with Crippen LogP contribution in [0, 0.1) is 5.92 Å². The summed E-state index contributed by atoms with van der Waals surface area (Å²) in [5.74, 6) is 0.375. The van der Waals surface area contributed by atoms with E-state index in [1.54, 1.807) is 7.11 Å². The Kier molecular flexibility index (Phi) is 2.65. The lowest BCUT2D eigenvalue weighted by molar-refractivity contribution is 0.211. The van der Waals surface area contributed by atoms with Gasteiger partial charge in [0, 0.05) is 25.6 Å². The lowest BCUT2D eigenvalue weighted by Crippen LogP contribution is -2.22. The van der Waals surface area contributed by atoms with Gasteiger partial charge in [-0.05, 0) is 0 Å². The number of nitrogens with two attached hydrogens (primary N) is 1. The van der Waals surface area contributed by atoms with Crippen molar-refractivity contribution in [2.24, 2.45) is 16.8 Å². The Labute approximate surface area is 60.4 Å². The first-order chi connectivity index (χ1) is 4.88. The van der Waals surface area contributed by atoms with Gasteiger partial charge in [-0.3, -0.25) is 0 Å². The number of nitrogens with zero attached hydrogens (tertiary/aromatic N) is 1. The zero-order chi connectivity index (χ0) is 7.40. The van der Waals surface area contributed by atoms with E-state index in [4.69, 9.17) is 5.73 Å². The average Bonchev–Trinajstić information content (AvgIpc) is 2.36. The molecule has 1 rings (SSSR count). The number of hydrogen-bond donors (Lipinski definition) is 2. The van der Waals surface area contributed by atoms with E-state index in [1.807, 2.05) is 0 Å². The molecule has 1 aliphatic rings. The number of nitrogens with one attached hydrogen (secondary N) is 1. The van der Waals surface area contributed by atoms with Crippen LogP contribution >= 0.6 is 0 Å². The SMILES string of the molecule is CO/N=C1/CNCC1CN. The Bertz CT molecular complexity index is 135. The summed E-state index contributed by atoms with van der Waals surface area (Å²) in [6.45, 7) is 2.39. The van der Waals surface area contributed by atoms with Crippen molar-refractivity contribution in [2.75, 3.05) is 26.7 Å². The molecule has 0 radical (unpaired) electrons. The van der Waals surface area contributed by atoms with Gasteiger partial charge in [0.1, 0.15) is 7.11 Å². The van der Waals surface area contributed by atoms with E-state index in [0.717, 1.165) is 18.8 Å². The van der Waals surface area contributed by atoms with E-state index in [0.29, 0.717) is 12.5 Å². The maximum atomic E-state index is 5.48. The molecule has 0 spiro atoms.